The van der Waals surface area contributed by atoms with Crippen LogP contribution in [0.25, 0.3) is 11.3 Å². The van der Waals surface area contributed by atoms with Gasteiger partial charge in [-0.1, -0.05) is 6.07 Å². The first kappa shape index (κ1) is 16.4. The van der Waals surface area contributed by atoms with Crippen LogP contribution in [0.3, 0.4) is 0 Å². The zero-order valence-electron chi connectivity index (χ0n) is 14.2. The molecule has 6 heteroatoms. The van der Waals surface area contributed by atoms with Crippen LogP contribution < -0.4 is 0 Å². The highest BCUT2D eigenvalue weighted by molar-refractivity contribution is 5.96. The van der Waals surface area contributed by atoms with Gasteiger partial charge in [0.2, 0.25) is 0 Å². The van der Waals surface area contributed by atoms with Gasteiger partial charge in [0, 0.05) is 50.0 Å². The topological polar surface area (TPSA) is 79.2 Å². The number of rotatable bonds is 4. The molecule has 0 saturated heterocycles. The van der Waals surface area contributed by atoms with E-state index in [1.165, 1.54) is 0 Å². The molecule has 0 saturated carbocycles. The normalized spacial score (nSPS) is 14.0. The number of hydrogen-bond donors (Lipinski definition) is 1. The maximum absolute atomic E-state index is 12.0. The van der Waals surface area contributed by atoms with Gasteiger partial charge in [-0.15, -0.1) is 0 Å². The van der Waals surface area contributed by atoms with E-state index in [2.05, 4.69) is 19.9 Å². The molecule has 1 N–H and O–H groups in total. The molecule has 1 aliphatic rings. The van der Waals surface area contributed by atoms with Crippen molar-refractivity contribution in [3.63, 3.8) is 0 Å². The third-order valence-electron chi connectivity index (χ3n) is 4.63. The molecule has 3 aromatic heterocycles. The lowest BCUT2D eigenvalue weighted by Gasteiger charge is -2.29. The summed E-state index contributed by atoms with van der Waals surface area (Å²) in [7, 11) is 0. The average Bonchev–Trinajstić information content (AvgIpc) is 2.68. The molecule has 0 bridgehead atoms. The molecule has 0 atom stereocenters. The first-order valence-corrected chi connectivity index (χ1v) is 8.49. The Morgan fingerprint density at radius 1 is 1.12 bits per heavy atom. The van der Waals surface area contributed by atoms with Crippen LogP contribution in [0.4, 0.5) is 0 Å². The number of pyridine rings is 3. The summed E-state index contributed by atoms with van der Waals surface area (Å²) >= 11 is 0. The molecule has 0 spiro atoms. The summed E-state index contributed by atoms with van der Waals surface area (Å²) in [6.45, 7) is 2.22. The molecular weight excluding hydrogens is 328 g/mol. The number of fused-ring (bicyclic) bond motifs is 1. The maximum Gasteiger partial charge on any atom is 0.338 e. The molecule has 26 heavy (non-hydrogen) atoms. The van der Waals surface area contributed by atoms with Crippen LogP contribution in [0, 0.1) is 0 Å². The second-order valence-corrected chi connectivity index (χ2v) is 6.31. The molecule has 0 radical (unpaired) electrons. The van der Waals surface area contributed by atoms with Crippen molar-refractivity contribution in [2.45, 2.75) is 19.5 Å². The van der Waals surface area contributed by atoms with Crippen LogP contribution >= 0.6 is 0 Å². The van der Waals surface area contributed by atoms with Gasteiger partial charge in [0.15, 0.2) is 0 Å². The molecule has 0 unspecified atom stereocenters. The fourth-order valence-electron chi connectivity index (χ4n) is 3.41. The first-order valence-electron chi connectivity index (χ1n) is 8.49. The fourth-order valence-corrected chi connectivity index (χ4v) is 3.41. The lowest BCUT2D eigenvalue weighted by atomic mass is 9.92. The van der Waals surface area contributed by atoms with Gasteiger partial charge in [0.25, 0.3) is 0 Å². The minimum absolute atomic E-state index is 0.311. The van der Waals surface area contributed by atoms with Crippen molar-refractivity contribution in [1.29, 1.82) is 0 Å². The standard InChI is InChI=1S/C20H18N4O2/c25-20(26)18-17-6-10-24(13-16-3-1-2-7-22-16)12-15(17)11-23-19(18)14-4-8-21-9-5-14/h1-5,7-9,11H,6,10,12-13H2,(H,25,26). The summed E-state index contributed by atoms with van der Waals surface area (Å²) in [4.78, 5) is 27.1. The maximum atomic E-state index is 12.0. The van der Waals surface area contributed by atoms with Crippen LogP contribution in [-0.4, -0.2) is 37.5 Å². The zero-order chi connectivity index (χ0) is 17.9. The highest BCUT2D eigenvalue weighted by Crippen LogP contribution is 2.30. The summed E-state index contributed by atoms with van der Waals surface area (Å²) < 4.78 is 0. The third-order valence-corrected chi connectivity index (χ3v) is 4.63. The monoisotopic (exact) mass is 346 g/mol. The van der Waals surface area contributed by atoms with Crippen LogP contribution in [0.1, 0.15) is 27.2 Å². The number of carboxylic acids is 1. The van der Waals surface area contributed by atoms with E-state index >= 15 is 0 Å². The second-order valence-electron chi connectivity index (χ2n) is 6.31. The lowest BCUT2D eigenvalue weighted by molar-refractivity contribution is 0.0695. The van der Waals surface area contributed by atoms with Gasteiger partial charge in [0.1, 0.15) is 0 Å². The number of carboxylic acid groups (broad SMARTS) is 1. The Morgan fingerprint density at radius 2 is 1.96 bits per heavy atom. The first-order chi connectivity index (χ1) is 12.7. The van der Waals surface area contributed by atoms with Crippen LogP contribution in [0.5, 0.6) is 0 Å². The third kappa shape index (κ3) is 3.19. The van der Waals surface area contributed by atoms with Crippen LogP contribution in [0.15, 0.2) is 55.1 Å². The summed E-state index contributed by atoms with van der Waals surface area (Å²) in [5.41, 5.74) is 4.47. The Balaban J connectivity index is 1.67. The van der Waals surface area contributed by atoms with Crippen molar-refractivity contribution >= 4 is 5.97 Å². The minimum atomic E-state index is -0.931. The van der Waals surface area contributed by atoms with E-state index in [9.17, 15) is 9.90 Å². The molecule has 1 aliphatic heterocycles. The molecule has 0 aromatic carbocycles. The van der Waals surface area contributed by atoms with Gasteiger partial charge >= 0.3 is 5.97 Å². The number of aromatic carboxylic acids is 1. The van der Waals surface area contributed by atoms with E-state index in [4.69, 9.17) is 0 Å². The van der Waals surface area contributed by atoms with Gasteiger partial charge < -0.3 is 5.11 Å². The zero-order valence-corrected chi connectivity index (χ0v) is 14.2. The SMILES string of the molecule is O=C(O)c1c(-c2ccncc2)ncc2c1CCN(Cc1ccccn1)C2. The van der Waals surface area contributed by atoms with Crippen molar-refractivity contribution in [2.24, 2.45) is 0 Å². The molecular formula is C20H18N4O2. The van der Waals surface area contributed by atoms with E-state index in [0.29, 0.717) is 24.2 Å². The molecule has 4 heterocycles. The predicted molar refractivity (Wildman–Crippen MR) is 96.5 cm³/mol. The summed E-state index contributed by atoms with van der Waals surface area (Å²) in [6.07, 6.45) is 7.58. The van der Waals surface area contributed by atoms with Crippen molar-refractivity contribution in [2.75, 3.05) is 6.54 Å². The molecule has 4 rings (SSSR count). The van der Waals surface area contributed by atoms with E-state index in [1.807, 2.05) is 24.4 Å². The van der Waals surface area contributed by atoms with Crippen molar-refractivity contribution in [1.82, 2.24) is 19.9 Å². The number of aromatic nitrogens is 3. The van der Waals surface area contributed by atoms with Crippen LogP contribution in [0.2, 0.25) is 0 Å². The summed E-state index contributed by atoms with van der Waals surface area (Å²) in [5, 5.41) is 9.80. The van der Waals surface area contributed by atoms with Gasteiger partial charge in [-0.2, -0.15) is 0 Å². The molecule has 0 fully saturated rings. The predicted octanol–water partition coefficient (Wildman–Crippen LogP) is 2.80. The molecule has 0 amide bonds. The van der Waals surface area contributed by atoms with E-state index < -0.39 is 5.97 Å². The molecule has 6 nitrogen and oxygen atoms in total. The van der Waals surface area contributed by atoms with Gasteiger partial charge in [0.05, 0.1) is 17.0 Å². The Morgan fingerprint density at radius 3 is 2.69 bits per heavy atom. The number of nitrogens with zero attached hydrogens (tertiary/aromatic N) is 4. The number of carbonyl (C=O) groups is 1. The van der Waals surface area contributed by atoms with E-state index in [0.717, 1.165) is 35.5 Å². The highest BCUT2D eigenvalue weighted by Gasteiger charge is 2.26. The highest BCUT2D eigenvalue weighted by atomic mass is 16.4. The number of hydrogen-bond acceptors (Lipinski definition) is 5. The molecule has 130 valence electrons. The van der Waals surface area contributed by atoms with Gasteiger partial charge in [-0.25, -0.2) is 4.79 Å². The second kappa shape index (κ2) is 7.01. The quantitative estimate of drug-likeness (QED) is 0.782. The minimum Gasteiger partial charge on any atom is -0.478 e. The Labute approximate surface area is 151 Å². The summed E-state index contributed by atoms with van der Waals surface area (Å²) in [5.74, 6) is -0.931. The summed E-state index contributed by atoms with van der Waals surface area (Å²) in [6, 6.07) is 9.46. The molecule has 0 aliphatic carbocycles. The van der Waals surface area contributed by atoms with Crippen molar-refractivity contribution < 1.29 is 9.90 Å². The Hall–Kier alpha value is -3.12. The van der Waals surface area contributed by atoms with Gasteiger partial charge in [-0.3, -0.25) is 19.9 Å². The van der Waals surface area contributed by atoms with E-state index in [-0.39, 0.29) is 0 Å². The van der Waals surface area contributed by atoms with Crippen LogP contribution in [-0.2, 0) is 19.5 Å². The van der Waals surface area contributed by atoms with Crippen molar-refractivity contribution in [3.05, 3.63) is 77.5 Å². The Kier molecular flexibility index (Phi) is 4.41. The Bertz CT molecular complexity index is 929. The van der Waals surface area contributed by atoms with E-state index in [1.54, 1.807) is 30.7 Å². The lowest BCUT2D eigenvalue weighted by Crippen LogP contribution is -2.32. The molecule has 3 aromatic rings. The van der Waals surface area contributed by atoms with Gasteiger partial charge in [-0.05, 0) is 41.8 Å². The fraction of sp³-hybridized carbons (Fsp3) is 0.200. The largest absolute Gasteiger partial charge is 0.478 e. The van der Waals surface area contributed by atoms with Crippen molar-refractivity contribution in [3.8, 4) is 11.3 Å². The smallest absolute Gasteiger partial charge is 0.338 e. The average molecular weight is 346 g/mol.